The van der Waals surface area contributed by atoms with Gasteiger partial charge in [0.05, 0.1) is 24.5 Å². The molecule has 0 aliphatic carbocycles. The third-order valence-electron chi connectivity index (χ3n) is 4.76. The van der Waals surface area contributed by atoms with Gasteiger partial charge in [0.25, 0.3) is 0 Å². The third kappa shape index (κ3) is 2.61. The Balaban J connectivity index is 1.72. The molecule has 1 unspecified atom stereocenters. The Morgan fingerprint density at radius 3 is 2.96 bits per heavy atom. The summed E-state index contributed by atoms with van der Waals surface area (Å²) in [6.07, 6.45) is 4.84. The van der Waals surface area contributed by atoms with E-state index in [4.69, 9.17) is 4.74 Å². The van der Waals surface area contributed by atoms with Crippen molar-refractivity contribution in [3.05, 3.63) is 42.2 Å². The number of benzene rings is 1. The Morgan fingerprint density at radius 2 is 2.21 bits per heavy atom. The molecule has 0 saturated carbocycles. The monoisotopic (exact) mass is 322 g/mol. The summed E-state index contributed by atoms with van der Waals surface area (Å²) in [6.45, 7) is 4.22. The van der Waals surface area contributed by atoms with Crippen LogP contribution in [0, 0.1) is 6.92 Å². The average Bonchev–Trinajstić information content (AvgIpc) is 3.23. The van der Waals surface area contributed by atoms with Crippen LogP contribution in [0.2, 0.25) is 0 Å². The maximum atomic E-state index is 5.66. The van der Waals surface area contributed by atoms with Crippen LogP contribution in [0.15, 0.2) is 36.7 Å². The van der Waals surface area contributed by atoms with Crippen LogP contribution in [-0.4, -0.2) is 36.2 Å². The zero-order chi connectivity index (χ0) is 16.5. The maximum absolute atomic E-state index is 5.66. The van der Waals surface area contributed by atoms with Crippen molar-refractivity contribution < 1.29 is 4.74 Å². The first-order chi connectivity index (χ1) is 11.8. The van der Waals surface area contributed by atoms with E-state index in [0.717, 1.165) is 47.7 Å². The average molecular weight is 322 g/mol. The molecule has 1 aromatic carbocycles. The van der Waals surface area contributed by atoms with Crippen LogP contribution in [0.1, 0.15) is 12.0 Å². The fourth-order valence-corrected chi connectivity index (χ4v) is 3.45. The van der Waals surface area contributed by atoms with E-state index in [2.05, 4.69) is 45.7 Å². The van der Waals surface area contributed by atoms with Gasteiger partial charge in [0.1, 0.15) is 5.75 Å². The van der Waals surface area contributed by atoms with Gasteiger partial charge in [0.15, 0.2) is 0 Å². The summed E-state index contributed by atoms with van der Waals surface area (Å²) in [4.78, 5) is 7.67. The number of anilines is 1. The zero-order valence-electron chi connectivity index (χ0n) is 14.0. The summed E-state index contributed by atoms with van der Waals surface area (Å²) in [7, 11) is 1.72. The van der Waals surface area contributed by atoms with Crippen molar-refractivity contribution >= 4 is 16.6 Å². The van der Waals surface area contributed by atoms with Crippen molar-refractivity contribution in [2.45, 2.75) is 19.4 Å². The molecule has 2 aromatic heterocycles. The van der Waals surface area contributed by atoms with E-state index in [9.17, 15) is 0 Å². The van der Waals surface area contributed by atoms with Crippen molar-refractivity contribution in [2.24, 2.45) is 0 Å². The second-order valence-electron chi connectivity index (χ2n) is 6.30. The van der Waals surface area contributed by atoms with E-state index in [-0.39, 0.29) is 0 Å². The molecule has 0 amide bonds. The van der Waals surface area contributed by atoms with Gasteiger partial charge in [-0.3, -0.25) is 4.98 Å². The van der Waals surface area contributed by atoms with Crippen LogP contribution in [-0.2, 0) is 0 Å². The summed E-state index contributed by atoms with van der Waals surface area (Å²) >= 11 is 0. The van der Waals surface area contributed by atoms with Crippen molar-refractivity contribution in [2.75, 3.05) is 25.5 Å². The van der Waals surface area contributed by atoms with E-state index >= 15 is 0 Å². The van der Waals surface area contributed by atoms with Gasteiger partial charge in [-0.2, -0.15) is 0 Å². The number of aromatic nitrogens is 2. The first kappa shape index (κ1) is 15.0. The molecule has 124 valence electrons. The van der Waals surface area contributed by atoms with Crippen molar-refractivity contribution in [1.29, 1.82) is 0 Å². The minimum absolute atomic E-state index is 0.487. The fourth-order valence-electron chi connectivity index (χ4n) is 3.45. The first-order valence-corrected chi connectivity index (χ1v) is 8.34. The Morgan fingerprint density at radius 1 is 1.29 bits per heavy atom. The number of aryl methyl sites for hydroxylation is 1. The lowest BCUT2D eigenvalue weighted by molar-refractivity contribution is 0.416. The van der Waals surface area contributed by atoms with Gasteiger partial charge in [-0.25, -0.2) is 0 Å². The molecule has 4 rings (SSSR count). The van der Waals surface area contributed by atoms with Crippen LogP contribution < -0.4 is 15.4 Å². The molecule has 0 radical (unpaired) electrons. The molecule has 3 aromatic rings. The number of hydrogen-bond acceptors (Lipinski definition) is 4. The van der Waals surface area contributed by atoms with Gasteiger partial charge in [0, 0.05) is 41.5 Å². The molecule has 1 aliphatic heterocycles. The predicted molar refractivity (Wildman–Crippen MR) is 97.7 cm³/mol. The van der Waals surface area contributed by atoms with Crippen LogP contribution in [0.3, 0.4) is 0 Å². The minimum atomic E-state index is 0.487. The van der Waals surface area contributed by atoms with Gasteiger partial charge >= 0.3 is 0 Å². The van der Waals surface area contributed by atoms with E-state index in [1.54, 1.807) is 7.11 Å². The molecule has 1 atom stereocenters. The van der Waals surface area contributed by atoms with E-state index in [0.29, 0.717) is 6.04 Å². The van der Waals surface area contributed by atoms with Crippen LogP contribution >= 0.6 is 0 Å². The number of ether oxygens (including phenoxy) is 1. The summed E-state index contributed by atoms with van der Waals surface area (Å²) in [5.41, 5.74) is 5.52. The number of methoxy groups -OCH3 is 1. The highest BCUT2D eigenvalue weighted by atomic mass is 16.5. The molecule has 5 heteroatoms. The fraction of sp³-hybridized carbons (Fsp3) is 0.316. The number of H-pyrrole nitrogens is 1. The van der Waals surface area contributed by atoms with Crippen molar-refractivity contribution in [1.82, 2.24) is 15.3 Å². The van der Waals surface area contributed by atoms with E-state index < -0.39 is 0 Å². The molecule has 1 aliphatic rings. The molecule has 3 N–H and O–H groups in total. The van der Waals surface area contributed by atoms with Crippen LogP contribution in [0.5, 0.6) is 5.75 Å². The maximum Gasteiger partial charge on any atom is 0.130 e. The molecular weight excluding hydrogens is 300 g/mol. The molecule has 0 spiro atoms. The van der Waals surface area contributed by atoms with Crippen LogP contribution in [0.25, 0.3) is 22.2 Å². The van der Waals surface area contributed by atoms with Gasteiger partial charge in [-0.15, -0.1) is 0 Å². The highest BCUT2D eigenvalue weighted by molar-refractivity contribution is 5.91. The molecule has 0 bridgehead atoms. The number of aromatic amines is 1. The summed E-state index contributed by atoms with van der Waals surface area (Å²) < 4.78 is 5.66. The molecule has 24 heavy (non-hydrogen) atoms. The molecule has 1 saturated heterocycles. The van der Waals surface area contributed by atoms with Gasteiger partial charge < -0.3 is 20.4 Å². The Bertz CT molecular complexity index is 865. The molecule has 1 fully saturated rings. The van der Waals surface area contributed by atoms with Gasteiger partial charge in [-0.05, 0) is 43.7 Å². The van der Waals surface area contributed by atoms with Crippen molar-refractivity contribution in [3.63, 3.8) is 0 Å². The minimum Gasteiger partial charge on any atom is -0.496 e. The normalized spacial score (nSPS) is 17.3. The number of hydrogen-bond donors (Lipinski definition) is 3. The van der Waals surface area contributed by atoms with E-state index in [1.807, 2.05) is 18.5 Å². The number of nitrogens with zero attached hydrogens (tertiary/aromatic N) is 1. The summed E-state index contributed by atoms with van der Waals surface area (Å²) in [5, 5.41) is 8.14. The second kappa shape index (κ2) is 6.17. The number of fused-ring (bicyclic) bond motifs is 1. The Labute approximate surface area is 141 Å². The smallest absolute Gasteiger partial charge is 0.130 e. The van der Waals surface area contributed by atoms with Crippen molar-refractivity contribution in [3.8, 4) is 17.0 Å². The summed E-state index contributed by atoms with van der Waals surface area (Å²) in [5.74, 6) is 0.869. The highest BCUT2D eigenvalue weighted by Crippen LogP contribution is 2.36. The molecular formula is C19H22N4O. The zero-order valence-corrected chi connectivity index (χ0v) is 14.0. The summed E-state index contributed by atoms with van der Waals surface area (Å²) in [6, 6.07) is 8.85. The standard InChI is InChI=1S/C19H22N4O/c1-12-15-6-8-21-11-17(15)23-19(12)16-4-3-13(9-18(16)24-2)22-14-5-7-20-10-14/h3-4,6,8-9,11,14,20,22-23H,5,7,10H2,1-2H3. The number of nitrogens with one attached hydrogen (secondary N) is 3. The highest BCUT2D eigenvalue weighted by Gasteiger charge is 2.17. The van der Waals surface area contributed by atoms with Crippen LogP contribution in [0.4, 0.5) is 5.69 Å². The lowest BCUT2D eigenvalue weighted by atomic mass is 10.1. The second-order valence-corrected chi connectivity index (χ2v) is 6.30. The molecule has 3 heterocycles. The van der Waals surface area contributed by atoms with Gasteiger partial charge in [-0.1, -0.05) is 0 Å². The van der Waals surface area contributed by atoms with Gasteiger partial charge in [0.2, 0.25) is 0 Å². The van der Waals surface area contributed by atoms with E-state index in [1.165, 1.54) is 10.9 Å². The lowest BCUT2D eigenvalue weighted by Crippen LogP contribution is -2.22. The number of pyridine rings is 1. The number of rotatable bonds is 4. The lowest BCUT2D eigenvalue weighted by Gasteiger charge is -2.15. The largest absolute Gasteiger partial charge is 0.496 e. The Hall–Kier alpha value is -2.53. The molecule has 5 nitrogen and oxygen atoms in total. The predicted octanol–water partition coefficient (Wildman–Crippen LogP) is 3.32. The third-order valence-corrected chi connectivity index (χ3v) is 4.76. The SMILES string of the molecule is COc1cc(NC2CCNC2)ccc1-c1[nH]c2cnccc2c1C. The quantitative estimate of drug-likeness (QED) is 0.689. The Kier molecular flexibility index (Phi) is 3.86. The first-order valence-electron chi connectivity index (χ1n) is 8.34. The topological polar surface area (TPSA) is 62.0 Å².